The Morgan fingerprint density at radius 2 is 1.75 bits per heavy atom. The molecule has 2 aromatic carbocycles. The van der Waals surface area contributed by atoms with Crippen molar-refractivity contribution < 1.29 is 18.7 Å². The lowest BCUT2D eigenvalue weighted by Crippen LogP contribution is -2.09. The van der Waals surface area contributed by atoms with E-state index < -0.39 is 0 Å². The van der Waals surface area contributed by atoms with Crippen molar-refractivity contribution in [1.29, 1.82) is 0 Å². The number of amides is 1. The second-order valence-electron chi connectivity index (χ2n) is 6.10. The molecule has 142 valence electrons. The van der Waals surface area contributed by atoms with Crippen molar-refractivity contribution in [2.75, 3.05) is 11.9 Å². The fraction of sp³-hybridized carbons (Fsp3) is 0.130. The molecule has 0 unspecified atom stereocenters. The molecule has 5 heteroatoms. The van der Waals surface area contributed by atoms with E-state index >= 15 is 0 Å². The van der Waals surface area contributed by atoms with Gasteiger partial charge in [-0.3, -0.25) is 4.79 Å². The minimum Gasteiger partial charge on any atom is -0.462 e. The Morgan fingerprint density at radius 3 is 2.46 bits per heavy atom. The first-order valence-electron chi connectivity index (χ1n) is 9.07. The lowest BCUT2D eigenvalue weighted by atomic mass is 10.2. The van der Waals surface area contributed by atoms with Gasteiger partial charge in [-0.05, 0) is 48.9 Å². The third kappa shape index (κ3) is 5.20. The van der Waals surface area contributed by atoms with Gasteiger partial charge in [0.25, 0.3) is 0 Å². The third-order valence-corrected chi connectivity index (χ3v) is 3.91. The van der Waals surface area contributed by atoms with Crippen LogP contribution >= 0.6 is 0 Å². The maximum Gasteiger partial charge on any atom is 0.338 e. The van der Waals surface area contributed by atoms with Crippen LogP contribution in [0.1, 0.15) is 29.5 Å². The number of nitrogens with one attached hydrogen (secondary N) is 1. The SMILES string of the molecule is CCCOC(=O)c1ccc(NC(=O)/C=C/c2ccc(-c3ccccc3)o2)cc1. The Hall–Kier alpha value is -3.60. The number of furan rings is 1. The van der Waals surface area contributed by atoms with Crippen LogP contribution in [-0.2, 0) is 9.53 Å². The molecule has 0 aliphatic heterocycles. The van der Waals surface area contributed by atoms with Gasteiger partial charge < -0.3 is 14.5 Å². The molecule has 0 bridgehead atoms. The molecule has 0 radical (unpaired) electrons. The summed E-state index contributed by atoms with van der Waals surface area (Å²) in [6.45, 7) is 2.32. The fourth-order valence-electron chi connectivity index (χ4n) is 2.51. The van der Waals surface area contributed by atoms with E-state index in [1.807, 2.05) is 49.4 Å². The summed E-state index contributed by atoms with van der Waals surface area (Å²) >= 11 is 0. The number of hydrogen-bond donors (Lipinski definition) is 1. The zero-order chi connectivity index (χ0) is 19.8. The van der Waals surface area contributed by atoms with Crippen LogP contribution in [0.3, 0.4) is 0 Å². The Morgan fingerprint density at radius 1 is 1.00 bits per heavy atom. The minimum absolute atomic E-state index is 0.293. The molecule has 0 spiro atoms. The Balaban J connectivity index is 1.57. The van der Waals surface area contributed by atoms with Crippen molar-refractivity contribution in [2.24, 2.45) is 0 Å². The van der Waals surface area contributed by atoms with Gasteiger partial charge in [0.2, 0.25) is 5.91 Å². The van der Waals surface area contributed by atoms with Crippen molar-refractivity contribution in [3.8, 4) is 11.3 Å². The van der Waals surface area contributed by atoms with Gasteiger partial charge in [0.1, 0.15) is 11.5 Å². The summed E-state index contributed by atoms with van der Waals surface area (Å²) in [7, 11) is 0. The normalized spacial score (nSPS) is 10.8. The van der Waals surface area contributed by atoms with Gasteiger partial charge >= 0.3 is 5.97 Å². The molecule has 5 nitrogen and oxygen atoms in total. The van der Waals surface area contributed by atoms with E-state index in [0.717, 1.165) is 17.7 Å². The summed E-state index contributed by atoms with van der Waals surface area (Å²) in [4.78, 5) is 23.9. The first kappa shape index (κ1) is 19.2. The number of carbonyl (C=O) groups is 2. The zero-order valence-corrected chi connectivity index (χ0v) is 15.6. The second kappa shape index (κ2) is 9.37. The van der Waals surface area contributed by atoms with Gasteiger partial charge in [-0.1, -0.05) is 37.3 Å². The van der Waals surface area contributed by atoms with Gasteiger partial charge in [-0.15, -0.1) is 0 Å². The zero-order valence-electron chi connectivity index (χ0n) is 15.6. The summed E-state index contributed by atoms with van der Waals surface area (Å²) in [5, 5.41) is 2.74. The molecule has 28 heavy (non-hydrogen) atoms. The second-order valence-corrected chi connectivity index (χ2v) is 6.10. The summed E-state index contributed by atoms with van der Waals surface area (Å²) in [5.41, 5.74) is 2.02. The standard InChI is InChI=1S/C23H21NO4/c1-2-16-27-23(26)18-8-10-19(11-9-18)24-22(25)15-13-20-12-14-21(28-20)17-6-4-3-5-7-17/h3-15H,2,16H2,1H3,(H,24,25)/b15-13+. The molecular formula is C23H21NO4. The van der Waals surface area contributed by atoms with Crippen LogP contribution in [0, 0.1) is 0 Å². The lowest BCUT2D eigenvalue weighted by molar-refractivity contribution is -0.111. The molecule has 1 N–H and O–H groups in total. The fourth-order valence-corrected chi connectivity index (χ4v) is 2.51. The van der Waals surface area contributed by atoms with E-state index in [-0.39, 0.29) is 11.9 Å². The van der Waals surface area contributed by atoms with Crippen molar-refractivity contribution in [1.82, 2.24) is 0 Å². The highest BCUT2D eigenvalue weighted by Gasteiger charge is 2.07. The van der Waals surface area contributed by atoms with E-state index in [0.29, 0.717) is 23.6 Å². The summed E-state index contributed by atoms with van der Waals surface area (Å²) in [5.74, 6) is 0.667. The maximum atomic E-state index is 12.1. The number of anilines is 1. The van der Waals surface area contributed by atoms with E-state index in [2.05, 4.69) is 5.32 Å². The number of esters is 1. The van der Waals surface area contributed by atoms with Crippen molar-refractivity contribution >= 4 is 23.6 Å². The van der Waals surface area contributed by atoms with Crippen molar-refractivity contribution in [2.45, 2.75) is 13.3 Å². The van der Waals surface area contributed by atoms with Crippen LogP contribution in [0.5, 0.6) is 0 Å². The number of ether oxygens (including phenoxy) is 1. The topological polar surface area (TPSA) is 68.5 Å². The third-order valence-electron chi connectivity index (χ3n) is 3.91. The van der Waals surface area contributed by atoms with E-state index in [4.69, 9.17) is 9.15 Å². The van der Waals surface area contributed by atoms with Gasteiger partial charge in [0.05, 0.1) is 12.2 Å². The summed E-state index contributed by atoms with van der Waals surface area (Å²) < 4.78 is 10.8. The number of benzene rings is 2. The molecular weight excluding hydrogens is 354 g/mol. The van der Waals surface area contributed by atoms with Gasteiger partial charge in [-0.2, -0.15) is 0 Å². The monoisotopic (exact) mass is 375 g/mol. The lowest BCUT2D eigenvalue weighted by Gasteiger charge is -2.05. The molecule has 0 saturated heterocycles. The van der Waals surface area contributed by atoms with Crippen LogP contribution in [0.4, 0.5) is 5.69 Å². The molecule has 0 fully saturated rings. The summed E-state index contributed by atoms with van der Waals surface area (Å²) in [6, 6.07) is 20.0. The van der Waals surface area contributed by atoms with Crippen LogP contribution in [0.2, 0.25) is 0 Å². The minimum atomic E-state index is -0.369. The molecule has 1 heterocycles. The number of rotatable bonds is 7. The quantitative estimate of drug-likeness (QED) is 0.457. The van der Waals surface area contributed by atoms with E-state index in [1.165, 1.54) is 6.08 Å². The molecule has 0 aliphatic carbocycles. The molecule has 3 rings (SSSR count). The van der Waals surface area contributed by atoms with E-state index in [9.17, 15) is 9.59 Å². The van der Waals surface area contributed by atoms with Crippen molar-refractivity contribution in [3.63, 3.8) is 0 Å². The molecule has 1 amide bonds. The smallest absolute Gasteiger partial charge is 0.338 e. The Bertz CT molecular complexity index is 956. The van der Waals surface area contributed by atoms with Crippen LogP contribution in [-0.4, -0.2) is 18.5 Å². The predicted molar refractivity (Wildman–Crippen MR) is 109 cm³/mol. The number of hydrogen-bond acceptors (Lipinski definition) is 4. The number of carbonyl (C=O) groups excluding carboxylic acids is 2. The predicted octanol–water partition coefficient (Wildman–Crippen LogP) is 5.17. The van der Waals surface area contributed by atoms with Crippen molar-refractivity contribution in [3.05, 3.63) is 84.1 Å². The summed E-state index contributed by atoms with van der Waals surface area (Å²) in [6.07, 6.45) is 3.78. The van der Waals surface area contributed by atoms with E-state index in [1.54, 1.807) is 30.3 Å². The highest BCUT2D eigenvalue weighted by Crippen LogP contribution is 2.22. The Labute approximate surface area is 163 Å². The molecule has 1 aromatic heterocycles. The Kier molecular flexibility index (Phi) is 6.41. The van der Waals surface area contributed by atoms with Crippen LogP contribution in [0.15, 0.2) is 77.2 Å². The average molecular weight is 375 g/mol. The van der Waals surface area contributed by atoms with Gasteiger partial charge in [0, 0.05) is 17.3 Å². The van der Waals surface area contributed by atoms with Gasteiger partial charge in [-0.25, -0.2) is 4.79 Å². The van der Waals surface area contributed by atoms with Crippen LogP contribution < -0.4 is 5.32 Å². The highest BCUT2D eigenvalue weighted by atomic mass is 16.5. The largest absolute Gasteiger partial charge is 0.462 e. The maximum absolute atomic E-state index is 12.1. The van der Waals surface area contributed by atoms with Gasteiger partial charge in [0.15, 0.2) is 0 Å². The first-order chi connectivity index (χ1) is 13.7. The molecule has 0 saturated carbocycles. The highest BCUT2D eigenvalue weighted by molar-refractivity contribution is 6.02. The van der Waals surface area contributed by atoms with Crippen LogP contribution in [0.25, 0.3) is 17.4 Å². The molecule has 0 atom stereocenters. The first-order valence-corrected chi connectivity index (χ1v) is 9.07. The average Bonchev–Trinajstić information content (AvgIpc) is 3.21. The molecule has 0 aliphatic rings. The molecule has 3 aromatic rings.